The summed E-state index contributed by atoms with van der Waals surface area (Å²) in [6.07, 6.45) is 0.910. The summed E-state index contributed by atoms with van der Waals surface area (Å²) in [5, 5.41) is 0. The lowest BCUT2D eigenvalue weighted by atomic mass is 10.1. The Bertz CT molecular complexity index is 1100. The van der Waals surface area contributed by atoms with Crippen LogP contribution in [-0.2, 0) is 10.1 Å². The van der Waals surface area contributed by atoms with Gasteiger partial charge < -0.3 is 23.5 Å². The van der Waals surface area contributed by atoms with E-state index in [4.69, 9.17) is 13.7 Å². The highest BCUT2D eigenvalue weighted by molar-refractivity contribution is 7.87. The number of ether oxygens (including phenoxy) is 2. The second kappa shape index (κ2) is 9.38. The van der Waals surface area contributed by atoms with Crippen molar-refractivity contribution >= 4 is 16.0 Å². The highest BCUT2D eigenvalue weighted by Crippen LogP contribution is 2.33. The SMILES string of the molecule is CCN1CCCN(C(=O)c2ccc(C)c(OS(=O)(=O)c3ccc4c(c3)OCCO4)c2)CC1. The molecule has 2 aliphatic rings. The van der Waals surface area contributed by atoms with E-state index in [9.17, 15) is 13.2 Å². The second-order valence-corrected chi connectivity index (χ2v) is 9.45. The maximum atomic E-state index is 13.1. The van der Waals surface area contributed by atoms with Crippen molar-refractivity contribution in [3.63, 3.8) is 0 Å². The van der Waals surface area contributed by atoms with Crippen molar-refractivity contribution in [2.75, 3.05) is 45.9 Å². The molecule has 1 amide bonds. The van der Waals surface area contributed by atoms with Crippen LogP contribution in [0.2, 0.25) is 0 Å². The molecule has 2 heterocycles. The number of aryl methyl sites for hydroxylation is 1. The molecule has 0 bridgehead atoms. The fourth-order valence-corrected chi connectivity index (χ4v) is 4.84. The molecule has 0 radical (unpaired) electrons. The molecule has 0 spiro atoms. The van der Waals surface area contributed by atoms with Gasteiger partial charge >= 0.3 is 10.1 Å². The predicted molar refractivity (Wildman–Crippen MR) is 119 cm³/mol. The Kier molecular flexibility index (Phi) is 6.57. The highest BCUT2D eigenvalue weighted by Gasteiger charge is 2.24. The average molecular weight is 461 g/mol. The Labute approximate surface area is 188 Å². The number of benzene rings is 2. The number of hydrogen-bond donors (Lipinski definition) is 0. The molecule has 1 saturated heterocycles. The lowest BCUT2D eigenvalue weighted by Crippen LogP contribution is -2.35. The third kappa shape index (κ3) is 4.83. The predicted octanol–water partition coefficient (Wildman–Crippen LogP) is 2.70. The number of carbonyl (C=O) groups is 1. The zero-order valence-electron chi connectivity index (χ0n) is 18.4. The zero-order chi connectivity index (χ0) is 22.7. The summed E-state index contributed by atoms with van der Waals surface area (Å²) in [6, 6.07) is 9.29. The minimum absolute atomic E-state index is 0.0370. The molecule has 0 unspecified atom stereocenters. The summed E-state index contributed by atoms with van der Waals surface area (Å²) in [6.45, 7) is 8.71. The van der Waals surface area contributed by atoms with E-state index in [0.717, 1.165) is 26.1 Å². The van der Waals surface area contributed by atoms with Crippen LogP contribution in [0.3, 0.4) is 0 Å². The number of likely N-dealkylation sites (N-methyl/N-ethyl adjacent to an activating group) is 1. The summed E-state index contributed by atoms with van der Waals surface area (Å²) in [5.74, 6) is 0.877. The third-order valence-corrected chi connectivity index (χ3v) is 6.99. The Morgan fingerprint density at radius 3 is 2.56 bits per heavy atom. The molecular weight excluding hydrogens is 432 g/mol. The van der Waals surface area contributed by atoms with Crippen LogP contribution in [0.5, 0.6) is 17.2 Å². The first-order valence-corrected chi connectivity index (χ1v) is 12.2. The smallest absolute Gasteiger partial charge is 0.339 e. The highest BCUT2D eigenvalue weighted by atomic mass is 32.2. The van der Waals surface area contributed by atoms with Crippen molar-refractivity contribution in [1.82, 2.24) is 9.80 Å². The Hall–Kier alpha value is -2.78. The van der Waals surface area contributed by atoms with Gasteiger partial charge in [-0.25, -0.2) is 0 Å². The number of nitrogens with zero attached hydrogens (tertiary/aromatic N) is 2. The first-order valence-electron chi connectivity index (χ1n) is 10.8. The van der Waals surface area contributed by atoms with Crippen LogP contribution >= 0.6 is 0 Å². The largest absolute Gasteiger partial charge is 0.486 e. The number of amides is 1. The van der Waals surface area contributed by atoms with Gasteiger partial charge in [-0.15, -0.1) is 0 Å². The molecular formula is C23H28N2O6S. The summed E-state index contributed by atoms with van der Waals surface area (Å²) in [7, 11) is -4.12. The van der Waals surface area contributed by atoms with E-state index < -0.39 is 10.1 Å². The van der Waals surface area contributed by atoms with Crippen molar-refractivity contribution < 1.29 is 26.9 Å². The van der Waals surface area contributed by atoms with Crippen molar-refractivity contribution in [1.29, 1.82) is 0 Å². The van der Waals surface area contributed by atoms with Gasteiger partial charge in [0.05, 0.1) is 0 Å². The molecule has 2 aliphatic heterocycles. The van der Waals surface area contributed by atoms with Crippen LogP contribution in [0.15, 0.2) is 41.3 Å². The number of rotatable bonds is 5. The topological polar surface area (TPSA) is 85.4 Å². The minimum atomic E-state index is -4.12. The minimum Gasteiger partial charge on any atom is -0.486 e. The molecule has 8 nitrogen and oxygen atoms in total. The normalized spacial score (nSPS) is 17.0. The molecule has 1 fully saturated rings. The summed E-state index contributed by atoms with van der Waals surface area (Å²) >= 11 is 0. The molecule has 0 saturated carbocycles. The van der Waals surface area contributed by atoms with Crippen LogP contribution in [0.1, 0.15) is 29.3 Å². The summed E-state index contributed by atoms with van der Waals surface area (Å²) in [5.41, 5.74) is 1.03. The third-order valence-electron chi connectivity index (χ3n) is 5.76. The molecule has 0 atom stereocenters. The van der Waals surface area contributed by atoms with Gasteiger partial charge in [0.2, 0.25) is 0 Å². The van der Waals surface area contributed by atoms with Gasteiger partial charge in [-0.2, -0.15) is 8.42 Å². The van der Waals surface area contributed by atoms with E-state index in [1.165, 1.54) is 18.2 Å². The van der Waals surface area contributed by atoms with Gasteiger partial charge in [0.15, 0.2) is 11.5 Å². The molecule has 2 aromatic carbocycles. The van der Waals surface area contributed by atoms with E-state index in [0.29, 0.717) is 48.9 Å². The fourth-order valence-electron chi connectivity index (χ4n) is 3.84. The molecule has 172 valence electrons. The molecule has 2 aromatic rings. The van der Waals surface area contributed by atoms with Gasteiger partial charge in [-0.05, 0) is 56.3 Å². The van der Waals surface area contributed by atoms with Crippen LogP contribution in [0.25, 0.3) is 0 Å². The van der Waals surface area contributed by atoms with Gasteiger partial charge in [0.1, 0.15) is 23.9 Å². The maximum absolute atomic E-state index is 13.1. The van der Waals surface area contributed by atoms with Crippen LogP contribution in [-0.4, -0.2) is 70.1 Å². The van der Waals surface area contributed by atoms with Crippen LogP contribution in [0.4, 0.5) is 0 Å². The summed E-state index contributed by atoms with van der Waals surface area (Å²) < 4.78 is 42.2. The molecule has 9 heteroatoms. The average Bonchev–Trinajstić information content (AvgIpc) is 3.05. The number of carbonyl (C=O) groups excluding carboxylic acids is 1. The van der Waals surface area contributed by atoms with E-state index in [-0.39, 0.29) is 16.6 Å². The monoisotopic (exact) mass is 460 g/mol. The molecule has 0 aromatic heterocycles. The molecule has 0 aliphatic carbocycles. The number of fused-ring (bicyclic) bond motifs is 1. The van der Waals surface area contributed by atoms with Gasteiger partial charge in [0.25, 0.3) is 5.91 Å². The van der Waals surface area contributed by atoms with E-state index in [1.807, 2.05) is 4.90 Å². The molecule has 4 rings (SSSR count). The molecule has 0 N–H and O–H groups in total. The van der Waals surface area contributed by atoms with Gasteiger partial charge in [-0.1, -0.05) is 13.0 Å². The summed E-state index contributed by atoms with van der Waals surface area (Å²) in [4.78, 5) is 17.2. The number of hydrogen-bond acceptors (Lipinski definition) is 7. The quantitative estimate of drug-likeness (QED) is 0.634. The standard InChI is InChI=1S/C23H28N2O6S/c1-3-24-9-4-10-25(12-11-24)23(26)18-6-5-17(2)21(15-18)31-32(27,28)19-7-8-20-22(16-19)30-14-13-29-20/h5-8,15-16H,3-4,9-14H2,1-2H3. The van der Waals surface area contributed by atoms with E-state index in [1.54, 1.807) is 25.1 Å². The first kappa shape index (κ1) is 22.4. The second-order valence-electron chi connectivity index (χ2n) is 7.90. The first-order chi connectivity index (χ1) is 15.4. The van der Waals surface area contributed by atoms with Crippen molar-refractivity contribution in [2.24, 2.45) is 0 Å². The Morgan fingerprint density at radius 2 is 1.78 bits per heavy atom. The van der Waals surface area contributed by atoms with E-state index in [2.05, 4.69) is 11.8 Å². The zero-order valence-corrected chi connectivity index (χ0v) is 19.2. The molecule has 32 heavy (non-hydrogen) atoms. The fraction of sp³-hybridized carbons (Fsp3) is 0.435. The van der Waals surface area contributed by atoms with Crippen molar-refractivity contribution in [3.05, 3.63) is 47.5 Å². The maximum Gasteiger partial charge on any atom is 0.339 e. The lowest BCUT2D eigenvalue weighted by molar-refractivity contribution is 0.0761. The van der Waals surface area contributed by atoms with Crippen LogP contribution in [0, 0.1) is 6.92 Å². The Balaban J connectivity index is 1.54. The van der Waals surface area contributed by atoms with E-state index >= 15 is 0 Å². The van der Waals surface area contributed by atoms with Gasteiger partial charge in [-0.3, -0.25) is 4.79 Å². The Morgan fingerprint density at radius 1 is 1.00 bits per heavy atom. The lowest BCUT2D eigenvalue weighted by Gasteiger charge is -2.22. The van der Waals surface area contributed by atoms with Crippen molar-refractivity contribution in [2.45, 2.75) is 25.2 Å². The van der Waals surface area contributed by atoms with Crippen molar-refractivity contribution in [3.8, 4) is 17.2 Å². The van der Waals surface area contributed by atoms with Gasteiger partial charge in [0, 0.05) is 31.3 Å². The van der Waals surface area contributed by atoms with Crippen LogP contribution < -0.4 is 13.7 Å².